The summed E-state index contributed by atoms with van der Waals surface area (Å²) in [4.78, 5) is 12.7. The van der Waals surface area contributed by atoms with Crippen LogP contribution in [0.15, 0.2) is 48.5 Å². The number of anilines is 1. The molecule has 0 atom stereocenters. The molecular weight excluding hydrogens is 392 g/mol. The van der Waals surface area contributed by atoms with Gasteiger partial charge in [0.1, 0.15) is 31.1 Å². The zero-order valence-electron chi connectivity index (χ0n) is 15.7. The molecule has 0 bridgehead atoms. The summed E-state index contributed by atoms with van der Waals surface area (Å²) < 4.78 is 7.02. The third-order valence-corrected chi connectivity index (χ3v) is 5.42. The number of ether oxygens (including phenoxy) is 1. The maximum Gasteiger partial charge on any atom is 0.135 e. The Morgan fingerprint density at radius 2 is 1.93 bits per heavy atom. The summed E-state index contributed by atoms with van der Waals surface area (Å²) in [6.45, 7) is 3.94. The Morgan fingerprint density at radius 1 is 1.21 bits per heavy atom. The SMILES string of the molecule is Nc1c(-c2ccccc2)c(C[NH+]2CCOCC2)nn1-c1ccc(Cl)c(C(=O)[O-])c1. The predicted octanol–water partition coefficient (Wildman–Crippen LogP) is 0.554. The molecule has 0 aliphatic carbocycles. The maximum absolute atomic E-state index is 11.4. The van der Waals surface area contributed by atoms with Gasteiger partial charge in [0.15, 0.2) is 0 Å². The molecule has 1 aliphatic rings. The topological polar surface area (TPSA) is 97.6 Å². The monoisotopic (exact) mass is 412 g/mol. The first-order valence-electron chi connectivity index (χ1n) is 9.40. The molecule has 0 spiro atoms. The minimum atomic E-state index is -1.34. The quantitative estimate of drug-likeness (QED) is 0.638. The number of hydrogen-bond acceptors (Lipinski definition) is 5. The molecule has 0 unspecified atom stereocenters. The van der Waals surface area contributed by atoms with Crippen LogP contribution in [0, 0.1) is 0 Å². The highest BCUT2D eigenvalue weighted by Gasteiger charge is 2.23. The van der Waals surface area contributed by atoms with Gasteiger partial charge >= 0.3 is 0 Å². The average Bonchev–Trinajstić information content (AvgIpc) is 3.05. The number of quaternary nitrogens is 1. The Labute approximate surface area is 173 Å². The zero-order chi connectivity index (χ0) is 20.4. The van der Waals surface area contributed by atoms with E-state index in [0.717, 1.165) is 43.1 Å². The number of carbonyl (C=O) groups is 1. The van der Waals surface area contributed by atoms with Crippen molar-refractivity contribution in [1.29, 1.82) is 0 Å². The van der Waals surface area contributed by atoms with Gasteiger partial charge in [-0.1, -0.05) is 41.9 Å². The molecule has 1 fully saturated rings. The van der Waals surface area contributed by atoms with Crippen LogP contribution in [0.2, 0.25) is 5.02 Å². The van der Waals surface area contributed by atoms with Gasteiger partial charge in [-0.25, -0.2) is 4.68 Å². The van der Waals surface area contributed by atoms with Crippen LogP contribution < -0.4 is 15.7 Å². The molecule has 1 saturated heterocycles. The van der Waals surface area contributed by atoms with Gasteiger partial charge in [0.2, 0.25) is 0 Å². The summed E-state index contributed by atoms with van der Waals surface area (Å²) in [5.41, 5.74) is 9.61. The van der Waals surface area contributed by atoms with Crippen molar-refractivity contribution in [3.05, 3.63) is 64.8 Å². The normalized spacial score (nSPS) is 14.8. The lowest BCUT2D eigenvalue weighted by atomic mass is 10.0. The molecule has 0 amide bonds. The van der Waals surface area contributed by atoms with E-state index in [9.17, 15) is 9.90 Å². The highest BCUT2D eigenvalue weighted by atomic mass is 35.5. The van der Waals surface area contributed by atoms with Crippen molar-refractivity contribution in [3.8, 4) is 16.8 Å². The average molecular weight is 413 g/mol. The summed E-state index contributed by atoms with van der Waals surface area (Å²) in [5.74, 6) is -0.894. The largest absolute Gasteiger partial charge is 0.545 e. The van der Waals surface area contributed by atoms with E-state index >= 15 is 0 Å². The van der Waals surface area contributed by atoms with Crippen molar-refractivity contribution >= 4 is 23.4 Å². The number of carbonyl (C=O) groups excluding carboxylic acids is 1. The van der Waals surface area contributed by atoms with Crippen molar-refractivity contribution < 1.29 is 19.5 Å². The third kappa shape index (κ3) is 3.98. The number of morpholine rings is 1. The summed E-state index contributed by atoms with van der Waals surface area (Å²) in [6.07, 6.45) is 0. The number of hydrogen-bond donors (Lipinski definition) is 2. The lowest BCUT2D eigenvalue weighted by Crippen LogP contribution is -3.12. The number of carboxylic acids is 1. The Balaban J connectivity index is 1.81. The van der Waals surface area contributed by atoms with Gasteiger partial charge in [0, 0.05) is 10.6 Å². The molecule has 0 radical (unpaired) electrons. The van der Waals surface area contributed by atoms with Crippen molar-refractivity contribution in [1.82, 2.24) is 9.78 Å². The number of carboxylic acid groups (broad SMARTS) is 1. The van der Waals surface area contributed by atoms with Gasteiger partial charge < -0.3 is 25.3 Å². The zero-order valence-corrected chi connectivity index (χ0v) is 16.5. The van der Waals surface area contributed by atoms with E-state index in [4.69, 9.17) is 27.2 Å². The van der Waals surface area contributed by atoms with Gasteiger partial charge in [0.05, 0.1) is 30.4 Å². The maximum atomic E-state index is 11.4. The van der Waals surface area contributed by atoms with E-state index in [2.05, 4.69) is 0 Å². The lowest BCUT2D eigenvalue weighted by Gasteiger charge is -2.23. The molecular formula is C21H21ClN4O3. The van der Waals surface area contributed by atoms with Crippen LogP contribution in [0.3, 0.4) is 0 Å². The molecule has 1 aromatic heterocycles. The molecule has 1 aliphatic heterocycles. The Bertz CT molecular complexity index is 1030. The number of rotatable bonds is 5. The van der Waals surface area contributed by atoms with Crippen LogP contribution in [0.5, 0.6) is 0 Å². The first-order valence-corrected chi connectivity index (χ1v) is 9.77. The van der Waals surface area contributed by atoms with Gasteiger partial charge in [0.25, 0.3) is 0 Å². The molecule has 8 heteroatoms. The number of nitrogen functional groups attached to an aromatic ring is 1. The van der Waals surface area contributed by atoms with Gasteiger partial charge in [-0.3, -0.25) is 0 Å². The number of aromatic nitrogens is 2. The van der Waals surface area contributed by atoms with Crippen molar-refractivity contribution in [2.45, 2.75) is 6.54 Å². The van der Waals surface area contributed by atoms with Gasteiger partial charge in [-0.2, -0.15) is 5.10 Å². The summed E-state index contributed by atoms with van der Waals surface area (Å²) in [7, 11) is 0. The summed E-state index contributed by atoms with van der Waals surface area (Å²) in [5, 5.41) is 16.2. The Morgan fingerprint density at radius 3 is 2.62 bits per heavy atom. The number of benzene rings is 2. The predicted molar refractivity (Wildman–Crippen MR) is 108 cm³/mol. The third-order valence-electron chi connectivity index (χ3n) is 5.09. The molecule has 150 valence electrons. The van der Waals surface area contributed by atoms with Crippen LogP contribution in [0.1, 0.15) is 16.1 Å². The second kappa shape index (κ2) is 8.24. The fourth-order valence-electron chi connectivity index (χ4n) is 3.59. The molecule has 29 heavy (non-hydrogen) atoms. The van der Waals surface area contributed by atoms with Crippen LogP contribution in [-0.2, 0) is 11.3 Å². The van der Waals surface area contributed by atoms with E-state index < -0.39 is 5.97 Å². The van der Waals surface area contributed by atoms with Crippen molar-refractivity contribution in [2.75, 3.05) is 32.0 Å². The number of nitrogens with one attached hydrogen (secondary N) is 1. The van der Waals surface area contributed by atoms with E-state index in [1.165, 1.54) is 17.0 Å². The Kier molecular flexibility index (Phi) is 5.53. The number of nitrogens with two attached hydrogens (primary N) is 1. The van der Waals surface area contributed by atoms with Crippen LogP contribution >= 0.6 is 11.6 Å². The van der Waals surface area contributed by atoms with Crippen LogP contribution in [0.25, 0.3) is 16.8 Å². The van der Waals surface area contributed by atoms with Crippen LogP contribution in [0.4, 0.5) is 5.82 Å². The second-order valence-electron chi connectivity index (χ2n) is 6.98. The first kappa shape index (κ1) is 19.4. The molecule has 2 heterocycles. The molecule has 2 aromatic carbocycles. The Hall–Kier alpha value is -2.87. The van der Waals surface area contributed by atoms with Crippen molar-refractivity contribution in [2.24, 2.45) is 0 Å². The summed E-state index contributed by atoms with van der Waals surface area (Å²) in [6, 6.07) is 14.5. The smallest absolute Gasteiger partial charge is 0.135 e. The molecule has 3 N–H and O–H groups in total. The van der Waals surface area contributed by atoms with E-state index in [0.29, 0.717) is 18.1 Å². The molecule has 3 aromatic rings. The van der Waals surface area contributed by atoms with Gasteiger partial charge in [-0.05, 0) is 23.8 Å². The number of halogens is 1. The minimum absolute atomic E-state index is 0.0966. The second-order valence-corrected chi connectivity index (χ2v) is 7.38. The molecule has 4 rings (SSSR count). The standard InChI is InChI=1S/C21H21ClN4O3/c22-17-7-6-15(12-16(17)21(27)28)26-20(23)19(14-4-2-1-3-5-14)18(24-26)13-25-8-10-29-11-9-25/h1-7,12H,8-11,13,23H2,(H,27,28). The highest BCUT2D eigenvalue weighted by Crippen LogP contribution is 2.32. The van der Waals surface area contributed by atoms with Crippen molar-refractivity contribution in [3.63, 3.8) is 0 Å². The van der Waals surface area contributed by atoms with Crippen LogP contribution in [-0.4, -0.2) is 42.1 Å². The fraction of sp³-hybridized carbons (Fsp3) is 0.238. The lowest BCUT2D eigenvalue weighted by molar-refractivity contribution is -0.921. The van der Waals surface area contributed by atoms with Gasteiger partial charge in [-0.15, -0.1) is 0 Å². The fourth-order valence-corrected chi connectivity index (χ4v) is 3.79. The number of aromatic carboxylic acids is 1. The van der Waals surface area contributed by atoms with E-state index in [1.807, 2.05) is 30.3 Å². The number of nitrogens with zero attached hydrogens (tertiary/aromatic N) is 2. The molecule has 0 saturated carbocycles. The minimum Gasteiger partial charge on any atom is -0.545 e. The summed E-state index contributed by atoms with van der Waals surface area (Å²) >= 11 is 5.98. The van der Waals surface area contributed by atoms with E-state index in [-0.39, 0.29) is 10.6 Å². The first-order chi connectivity index (χ1) is 14.0. The molecule has 7 nitrogen and oxygen atoms in total. The van der Waals surface area contributed by atoms with E-state index in [1.54, 1.807) is 10.7 Å². The highest BCUT2D eigenvalue weighted by molar-refractivity contribution is 6.33.